The van der Waals surface area contributed by atoms with Crippen molar-refractivity contribution in [2.45, 2.75) is 76.5 Å². The van der Waals surface area contributed by atoms with E-state index in [0.29, 0.717) is 19.4 Å². The van der Waals surface area contributed by atoms with Crippen molar-refractivity contribution < 1.29 is 24.3 Å². The highest BCUT2D eigenvalue weighted by molar-refractivity contribution is 5.94. The van der Waals surface area contributed by atoms with Gasteiger partial charge in [0.15, 0.2) is 0 Å². The van der Waals surface area contributed by atoms with Crippen molar-refractivity contribution in [3.63, 3.8) is 0 Å². The van der Waals surface area contributed by atoms with Gasteiger partial charge in [0.25, 0.3) is 0 Å². The van der Waals surface area contributed by atoms with Crippen LogP contribution in [0.25, 0.3) is 10.9 Å². The molecule has 0 aliphatic heterocycles. The minimum absolute atomic E-state index is 0.0170. The van der Waals surface area contributed by atoms with Crippen LogP contribution >= 0.6 is 0 Å². The molecular weight excluding hydrogens is 548 g/mol. The predicted octanol–water partition coefficient (Wildman–Crippen LogP) is 1.99. The van der Waals surface area contributed by atoms with Gasteiger partial charge in [-0.05, 0) is 61.8 Å². The van der Waals surface area contributed by atoms with Crippen molar-refractivity contribution in [2.75, 3.05) is 6.54 Å². The third kappa shape index (κ3) is 10.2. The summed E-state index contributed by atoms with van der Waals surface area (Å²) in [7, 11) is 0. The number of fused-ring (bicyclic) bond motifs is 1. The van der Waals surface area contributed by atoms with E-state index >= 15 is 0 Å². The van der Waals surface area contributed by atoms with E-state index in [1.807, 2.05) is 74.6 Å². The third-order valence-electron chi connectivity index (χ3n) is 7.27. The highest BCUT2D eigenvalue weighted by Gasteiger charge is 2.31. The predicted molar refractivity (Wildman–Crippen MR) is 166 cm³/mol. The second kappa shape index (κ2) is 16.4. The summed E-state index contributed by atoms with van der Waals surface area (Å²) < 4.78 is 0. The number of rotatable bonds is 17. The molecule has 0 bridgehead atoms. The summed E-state index contributed by atoms with van der Waals surface area (Å²) in [5.74, 6) is -2.80. The van der Waals surface area contributed by atoms with Gasteiger partial charge in [-0.3, -0.25) is 14.4 Å². The molecule has 0 saturated heterocycles. The average Bonchev–Trinajstić information content (AvgIpc) is 3.38. The Morgan fingerprint density at radius 3 is 2.12 bits per heavy atom. The van der Waals surface area contributed by atoms with E-state index in [4.69, 9.17) is 11.5 Å². The second-order valence-electron chi connectivity index (χ2n) is 11.3. The van der Waals surface area contributed by atoms with Gasteiger partial charge in [-0.1, -0.05) is 62.4 Å². The fourth-order valence-electron chi connectivity index (χ4n) is 4.97. The number of carboxylic acids is 1. The first-order chi connectivity index (χ1) is 20.6. The number of hydrogen-bond donors (Lipinski definition) is 7. The minimum atomic E-state index is -1.15. The molecule has 3 amide bonds. The number of amides is 3. The second-order valence-corrected chi connectivity index (χ2v) is 11.3. The number of aromatic nitrogens is 1. The lowest BCUT2D eigenvalue weighted by atomic mass is 9.99. The normalized spacial score (nSPS) is 14.1. The van der Waals surface area contributed by atoms with Gasteiger partial charge in [-0.2, -0.15) is 0 Å². The van der Waals surface area contributed by atoms with E-state index in [0.717, 1.165) is 22.0 Å². The van der Waals surface area contributed by atoms with Crippen LogP contribution in [-0.4, -0.2) is 64.5 Å². The van der Waals surface area contributed by atoms with Crippen molar-refractivity contribution in [3.05, 3.63) is 71.9 Å². The van der Waals surface area contributed by atoms with Gasteiger partial charge in [0, 0.05) is 23.5 Å². The third-order valence-corrected chi connectivity index (χ3v) is 7.27. The van der Waals surface area contributed by atoms with Crippen LogP contribution in [0.2, 0.25) is 0 Å². The van der Waals surface area contributed by atoms with Crippen molar-refractivity contribution in [1.82, 2.24) is 20.9 Å². The topological polar surface area (TPSA) is 192 Å². The Morgan fingerprint density at radius 1 is 0.814 bits per heavy atom. The van der Waals surface area contributed by atoms with Crippen LogP contribution in [0.3, 0.4) is 0 Å². The summed E-state index contributed by atoms with van der Waals surface area (Å²) in [5, 5.41) is 18.7. The van der Waals surface area contributed by atoms with Gasteiger partial charge in [-0.15, -0.1) is 0 Å². The minimum Gasteiger partial charge on any atom is -0.480 e. The molecule has 9 N–H and O–H groups in total. The molecule has 0 aliphatic rings. The fraction of sp³-hybridized carbons (Fsp3) is 0.438. The molecule has 2 aromatic carbocycles. The fourth-order valence-corrected chi connectivity index (χ4v) is 4.97. The highest BCUT2D eigenvalue weighted by atomic mass is 16.4. The van der Waals surface area contributed by atoms with E-state index in [2.05, 4.69) is 20.9 Å². The smallest absolute Gasteiger partial charge is 0.326 e. The molecule has 11 nitrogen and oxygen atoms in total. The standard InChI is InChI=1S/C32H44N6O5/c1-20(2)16-27(30(40)36-26(32(42)43)14-8-9-15-33)38-31(41)28(17-21-10-4-3-5-11-21)37-29(39)24(34)18-22-19-35-25-13-7-6-12-23(22)25/h3-7,10-13,19-20,24,26-28,35H,8-9,14-18,33-34H2,1-2H3,(H,36,40)(H,37,39)(H,38,41)(H,42,43). The Balaban J connectivity index is 1.75. The number of para-hydroxylation sites is 1. The number of hydrogen-bond acceptors (Lipinski definition) is 6. The molecule has 3 rings (SSSR count). The molecule has 1 aromatic heterocycles. The van der Waals surface area contributed by atoms with Crippen molar-refractivity contribution in [2.24, 2.45) is 17.4 Å². The number of H-pyrrole nitrogens is 1. The van der Waals surface area contributed by atoms with Crippen LogP contribution < -0.4 is 27.4 Å². The number of aromatic amines is 1. The molecule has 232 valence electrons. The first kappa shape index (κ1) is 33.3. The Hall–Kier alpha value is -4.22. The number of unbranched alkanes of at least 4 members (excludes halogenated alkanes) is 1. The summed E-state index contributed by atoms with van der Waals surface area (Å²) in [6, 6.07) is 12.9. The summed E-state index contributed by atoms with van der Waals surface area (Å²) in [5.41, 5.74) is 14.5. The lowest BCUT2D eigenvalue weighted by Gasteiger charge is -2.26. The SMILES string of the molecule is CC(C)CC(NC(=O)C(Cc1ccccc1)NC(=O)C(N)Cc1c[nH]c2ccccc12)C(=O)NC(CCCCN)C(=O)O. The molecular formula is C32H44N6O5. The van der Waals surface area contributed by atoms with Crippen molar-refractivity contribution in [3.8, 4) is 0 Å². The first-order valence-electron chi connectivity index (χ1n) is 14.8. The molecule has 0 spiro atoms. The monoisotopic (exact) mass is 592 g/mol. The number of aliphatic carboxylic acids is 1. The molecule has 4 unspecified atom stereocenters. The lowest BCUT2D eigenvalue weighted by molar-refractivity contribution is -0.142. The number of carbonyl (C=O) groups excluding carboxylic acids is 3. The molecule has 43 heavy (non-hydrogen) atoms. The van der Waals surface area contributed by atoms with Crippen molar-refractivity contribution >= 4 is 34.6 Å². The molecule has 11 heteroatoms. The van der Waals surface area contributed by atoms with Crippen LogP contribution in [0, 0.1) is 5.92 Å². The molecule has 0 saturated carbocycles. The molecule has 0 radical (unpaired) electrons. The maximum absolute atomic E-state index is 13.6. The van der Waals surface area contributed by atoms with E-state index in [1.54, 1.807) is 0 Å². The van der Waals surface area contributed by atoms with Crippen LogP contribution in [0.5, 0.6) is 0 Å². The quantitative estimate of drug-likeness (QED) is 0.117. The Kier molecular flexibility index (Phi) is 12.7. The maximum atomic E-state index is 13.6. The van der Waals surface area contributed by atoms with Gasteiger partial charge in [-0.25, -0.2) is 4.79 Å². The lowest BCUT2D eigenvalue weighted by Crippen LogP contribution is -2.58. The maximum Gasteiger partial charge on any atom is 0.326 e. The van der Waals surface area contributed by atoms with E-state index < -0.39 is 47.9 Å². The molecule has 4 atom stereocenters. The van der Waals surface area contributed by atoms with Crippen molar-refractivity contribution in [1.29, 1.82) is 0 Å². The molecule has 3 aromatic rings. The summed E-state index contributed by atoms with van der Waals surface area (Å²) >= 11 is 0. The molecule has 0 aliphatic carbocycles. The Morgan fingerprint density at radius 2 is 1.44 bits per heavy atom. The zero-order valence-electron chi connectivity index (χ0n) is 24.8. The van der Waals surface area contributed by atoms with E-state index in [9.17, 15) is 24.3 Å². The van der Waals surface area contributed by atoms with E-state index in [-0.39, 0.29) is 31.6 Å². The Labute approximate surface area is 252 Å². The molecule has 0 fully saturated rings. The number of carbonyl (C=O) groups is 4. The summed E-state index contributed by atoms with van der Waals surface area (Å²) in [6.45, 7) is 4.22. The summed E-state index contributed by atoms with van der Waals surface area (Å²) in [6.07, 6.45) is 3.93. The van der Waals surface area contributed by atoms with Crippen LogP contribution in [0.15, 0.2) is 60.8 Å². The van der Waals surface area contributed by atoms with Gasteiger partial charge in [0.05, 0.1) is 6.04 Å². The number of carboxylic acid groups (broad SMARTS) is 1. The Bertz CT molecular complexity index is 1360. The largest absolute Gasteiger partial charge is 0.480 e. The van der Waals surface area contributed by atoms with Gasteiger partial charge in [0.1, 0.15) is 18.1 Å². The highest BCUT2D eigenvalue weighted by Crippen LogP contribution is 2.19. The zero-order chi connectivity index (χ0) is 31.4. The van der Waals surface area contributed by atoms with Crippen LogP contribution in [0.4, 0.5) is 0 Å². The average molecular weight is 593 g/mol. The number of nitrogens with two attached hydrogens (primary N) is 2. The van der Waals surface area contributed by atoms with E-state index in [1.165, 1.54) is 0 Å². The summed E-state index contributed by atoms with van der Waals surface area (Å²) in [4.78, 5) is 55.1. The molecule has 1 heterocycles. The zero-order valence-corrected chi connectivity index (χ0v) is 24.8. The van der Waals surface area contributed by atoms with Crippen LogP contribution in [-0.2, 0) is 32.0 Å². The first-order valence-corrected chi connectivity index (χ1v) is 14.8. The van der Waals surface area contributed by atoms with Gasteiger partial charge >= 0.3 is 5.97 Å². The number of benzene rings is 2. The number of nitrogens with one attached hydrogen (secondary N) is 4. The van der Waals surface area contributed by atoms with Gasteiger partial charge < -0.3 is 37.5 Å². The van der Waals surface area contributed by atoms with Crippen LogP contribution in [0.1, 0.15) is 50.7 Å². The van der Waals surface area contributed by atoms with Gasteiger partial charge in [0.2, 0.25) is 17.7 Å².